The standard InChI is InChI=1S/C22H18N4O3/c1-14(27)16-3-2-4-17(10-16)18-12-25-26-21(7-8-23-22(18)26)24-11-15-5-6-19-20(9-15)29-13-28-19/h2-10,12,24H,11,13H2,1H3. The first-order valence-electron chi connectivity index (χ1n) is 9.25. The topological polar surface area (TPSA) is 77.8 Å². The number of hydrogen-bond donors (Lipinski definition) is 1. The van der Waals surface area contributed by atoms with Crippen LogP contribution in [0.15, 0.2) is 60.9 Å². The molecule has 1 aliphatic rings. The smallest absolute Gasteiger partial charge is 0.231 e. The molecule has 2 aromatic heterocycles. The number of anilines is 1. The molecular weight excluding hydrogens is 368 g/mol. The molecule has 3 heterocycles. The number of benzene rings is 2. The minimum Gasteiger partial charge on any atom is -0.454 e. The third-order valence-corrected chi connectivity index (χ3v) is 4.89. The van der Waals surface area contributed by atoms with E-state index < -0.39 is 0 Å². The van der Waals surface area contributed by atoms with Gasteiger partial charge in [-0.3, -0.25) is 4.79 Å². The van der Waals surface area contributed by atoms with Crippen LogP contribution in [0.3, 0.4) is 0 Å². The molecule has 0 bridgehead atoms. The molecule has 7 heteroatoms. The van der Waals surface area contributed by atoms with Gasteiger partial charge in [-0.2, -0.15) is 9.61 Å². The van der Waals surface area contributed by atoms with Gasteiger partial charge >= 0.3 is 0 Å². The van der Waals surface area contributed by atoms with E-state index in [1.54, 1.807) is 23.8 Å². The van der Waals surface area contributed by atoms with Crippen molar-refractivity contribution in [2.45, 2.75) is 13.5 Å². The van der Waals surface area contributed by atoms with E-state index in [0.29, 0.717) is 12.1 Å². The van der Waals surface area contributed by atoms with Gasteiger partial charge in [0, 0.05) is 23.9 Å². The quantitative estimate of drug-likeness (QED) is 0.524. The molecule has 0 saturated heterocycles. The average Bonchev–Trinajstić information content (AvgIpc) is 3.39. The van der Waals surface area contributed by atoms with Gasteiger partial charge in [0.1, 0.15) is 5.82 Å². The fourth-order valence-corrected chi connectivity index (χ4v) is 3.38. The Morgan fingerprint density at radius 1 is 1.14 bits per heavy atom. The predicted molar refractivity (Wildman–Crippen MR) is 108 cm³/mol. The number of carbonyl (C=O) groups excluding carboxylic acids is 1. The number of Topliss-reactive ketones (excluding diaryl/α,β-unsaturated/α-hetero) is 1. The highest BCUT2D eigenvalue weighted by molar-refractivity contribution is 5.95. The van der Waals surface area contributed by atoms with Crippen molar-refractivity contribution in [3.63, 3.8) is 0 Å². The van der Waals surface area contributed by atoms with Crippen LogP contribution in [0.4, 0.5) is 5.82 Å². The monoisotopic (exact) mass is 386 g/mol. The van der Waals surface area contributed by atoms with Crippen molar-refractivity contribution < 1.29 is 14.3 Å². The third-order valence-electron chi connectivity index (χ3n) is 4.89. The zero-order valence-electron chi connectivity index (χ0n) is 15.8. The van der Waals surface area contributed by atoms with Gasteiger partial charge in [-0.05, 0) is 42.3 Å². The van der Waals surface area contributed by atoms with Crippen LogP contribution in [0.2, 0.25) is 0 Å². The van der Waals surface area contributed by atoms with E-state index in [1.807, 2.05) is 48.5 Å². The van der Waals surface area contributed by atoms with Gasteiger partial charge in [0.25, 0.3) is 0 Å². The Morgan fingerprint density at radius 3 is 2.93 bits per heavy atom. The molecule has 0 unspecified atom stereocenters. The second-order valence-corrected chi connectivity index (χ2v) is 6.80. The van der Waals surface area contributed by atoms with Gasteiger partial charge in [-0.25, -0.2) is 4.98 Å². The lowest BCUT2D eigenvalue weighted by atomic mass is 10.0. The summed E-state index contributed by atoms with van der Waals surface area (Å²) in [6.45, 7) is 2.43. The summed E-state index contributed by atoms with van der Waals surface area (Å²) in [5.74, 6) is 2.38. The maximum absolute atomic E-state index is 11.7. The molecule has 0 spiro atoms. The highest BCUT2D eigenvalue weighted by Gasteiger charge is 2.14. The van der Waals surface area contributed by atoms with E-state index in [0.717, 1.165) is 39.7 Å². The van der Waals surface area contributed by atoms with Gasteiger partial charge < -0.3 is 14.8 Å². The SMILES string of the molecule is CC(=O)c1cccc(-c2cnn3c(NCc4ccc5c(c4)OCO5)ccnc23)c1. The lowest BCUT2D eigenvalue weighted by Gasteiger charge is -2.09. The van der Waals surface area contributed by atoms with Crippen LogP contribution >= 0.6 is 0 Å². The molecule has 7 nitrogen and oxygen atoms in total. The van der Waals surface area contributed by atoms with Crippen LogP contribution in [0, 0.1) is 0 Å². The minimum atomic E-state index is 0.0300. The number of nitrogens with one attached hydrogen (secondary N) is 1. The van der Waals surface area contributed by atoms with Crippen molar-refractivity contribution in [3.8, 4) is 22.6 Å². The number of fused-ring (bicyclic) bond motifs is 2. The van der Waals surface area contributed by atoms with E-state index in [2.05, 4.69) is 15.4 Å². The van der Waals surface area contributed by atoms with Crippen molar-refractivity contribution >= 4 is 17.2 Å². The molecule has 0 radical (unpaired) electrons. The minimum absolute atomic E-state index is 0.0300. The van der Waals surface area contributed by atoms with Gasteiger partial charge in [-0.15, -0.1) is 0 Å². The first-order valence-corrected chi connectivity index (χ1v) is 9.25. The van der Waals surface area contributed by atoms with Crippen LogP contribution in [0.5, 0.6) is 11.5 Å². The van der Waals surface area contributed by atoms with E-state index in [9.17, 15) is 4.79 Å². The second-order valence-electron chi connectivity index (χ2n) is 6.80. The summed E-state index contributed by atoms with van der Waals surface area (Å²) >= 11 is 0. The summed E-state index contributed by atoms with van der Waals surface area (Å²) in [4.78, 5) is 16.2. The molecule has 0 fully saturated rings. The molecule has 1 aliphatic heterocycles. The highest BCUT2D eigenvalue weighted by Crippen LogP contribution is 2.32. The lowest BCUT2D eigenvalue weighted by molar-refractivity contribution is 0.101. The molecule has 2 aromatic carbocycles. The first kappa shape index (κ1) is 17.2. The predicted octanol–water partition coefficient (Wildman–Crippen LogP) is 3.94. The van der Waals surface area contributed by atoms with Crippen molar-refractivity contribution in [1.29, 1.82) is 0 Å². The molecule has 4 aromatic rings. The van der Waals surface area contributed by atoms with E-state index in [-0.39, 0.29) is 12.6 Å². The Kier molecular flexibility index (Phi) is 4.13. The van der Waals surface area contributed by atoms with Crippen molar-refractivity contribution in [2.24, 2.45) is 0 Å². The van der Waals surface area contributed by atoms with Crippen LogP contribution in [-0.2, 0) is 6.54 Å². The number of rotatable bonds is 5. The highest BCUT2D eigenvalue weighted by atomic mass is 16.7. The molecule has 144 valence electrons. The molecule has 1 N–H and O–H groups in total. The van der Waals surface area contributed by atoms with Crippen molar-refractivity contribution in [3.05, 3.63) is 72.1 Å². The Balaban J connectivity index is 1.44. The number of ether oxygens (including phenoxy) is 2. The van der Waals surface area contributed by atoms with Crippen LogP contribution in [-0.4, -0.2) is 27.2 Å². The summed E-state index contributed by atoms with van der Waals surface area (Å²) in [7, 11) is 0. The van der Waals surface area contributed by atoms with Crippen molar-refractivity contribution in [2.75, 3.05) is 12.1 Å². The maximum Gasteiger partial charge on any atom is 0.231 e. The summed E-state index contributed by atoms with van der Waals surface area (Å²) in [5, 5.41) is 7.90. The summed E-state index contributed by atoms with van der Waals surface area (Å²) in [6.07, 6.45) is 3.52. The second kappa shape index (κ2) is 6.94. The van der Waals surface area contributed by atoms with Gasteiger partial charge in [-0.1, -0.05) is 24.3 Å². The fourth-order valence-electron chi connectivity index (χ4n) is 3.38. The number of carbonyl (C=O) groups is 1. The van der Waals surface area contributed by atoms with Crippen LogP contribution in [0.1, 0.15) is 22.8 Å². The molecular formula is C22H18N4O3. The number of aromatic nitrogens is 3. The molecule has 0 amide bonds. The number of nitrogens with zero attached hydrogens (tertiary/aromatic N) is 3. The van der Waals surface area contributed by atoms with Gasteiger partial charge in [0.15, 0.2) is 22.9 Å². The Hall–Kier alpha value is -3.87. The summed E-state index contributed by atoms with van der Waals surface area (Å²) in [5.41, 5.74) is 4.24. The molecule has 0 saturated carbocycles. The van der Waals surface area contributed by atoms with Crippen molar-refractivity contribution in [1.82, 2.24) is 14.6 Å². The van der Waals surface area contributed by atoms with E-state index in [4.69, 9.17) is 9.47 Å². The number of hydrogen-bond acceptors (Lipinski definition) is 6. The Labute approximate surface area is 166 Å². The first-order chi connectivity index (χ1) is 14.2. The molecule has 29 heavy (non-hydrogen) atoms. The average molecular weight is 386 g/mol. The fraction of sp³-hybridized carbons (Fsp3) is 0.136. The van der Waals surface area contributed by atoms with E-state index in [1.165, 1.54) is 0 Å². The maximum atomic E-state index is 11.7. The lowest BCUT2D eigenvalue weighted by Crippen LogP contribution is -2.05. The molecule has 0 aliphatic carbocycles. The van der Waals surface area contributed by atoms with E-state index >= 15 is 0 Å². The normalized spacial score (nSPS) is 12.3. The largest absolute Gasteiger partial charge is 0.454 e. The Bertz CT molecular complexity index is 1230. The summed E-state index contributed by atoms with van der Waals surface area (Å²) < 4.78 is 12.6. The third kappa shape index (κ3) is 3.16. The van der Waals surface area contributed by atoms with Crippen LogP contribution < -0.4 is 14.8 Å². The van der Waals surface area contributed by atoms with Gasteiger partial charge in [0.05, 0.1) is 6.20 Å². The van der Waals surface area contributed by atoms with Crippen LogP contribution in [0.25, 0.3) is 16.8 Å². The zero-order valence-corrected chi connectivity index (χ0v) is 15.8. The molecule has 5 rings (SSSR count). The zero-order chi connectivity index (χ0) is 19.8. The summed E-state index contributed by atoms with van der Waals surface area (Å²) in [6, 6.07) is 15.3. The molecule has 0 atom stereocenters. The Morgan fingerprint density at radius 2 is 2.03 bits per heavy atom. The van der Waals surface area contributed by atoms with Gasteiger partial charge in [0.2, 0.25) is 6.79 Å². The number of ketones is 1.